The van der Waals surface area contributed by atoms with Crippen LogP contribution < -0.4 is 4.74 Å². The molecule has 2 heterocycles. The third-order valence-electron chi connectivity index (χ3n) is 3.30. The maximum absolute atomic E-state index is 5.89. The summed E-state index contributed by atoms with van der Waals surface area (Å²) < 4.78 is 9.08. The van der Waals surface area contributed by atoms with Crippen molar-refractivity contribution in [3.8, 4) is 5.75 Å². The molecule has 0 atom stereocenters. The average molecular weight is 306 g/mol. The first-order valence-corrected chi connectivity index (χ1v) is 7.18. The second-order valence-electron chi connectivity index (χ2n) is 4.74. The SMILES string of the molecule is COc1ccc2nc(CCCl)n(Cc3ncn(C)n3)c2c1. The fourth-order valence-corrected chi connectivity index (χ4v) is 2.50. The number of benzene rings is 1. The van der Waals surface area contributed by atoms with Crippen LogP contribution in [0.3, 0.4) is 0 Å². The fraction of sp³-hybridized carbons (Fsp3) is 0.357. The number of rotatable bonds is 5. The van der Waals surface area contributed by atoms with E-state index in [0.29, 0.717) is 18.8 Å². The number of nitrogens with zero attached hydrogens (tertiary/aromatic N) is 5. The van der Waals surface area contributed by atoms with E-state index >= 15 is 0 Å². The highest BCUT2D eigenvalue weighted by Gasteiger charge is 2.13. The Morgan fingerprint density at radius 1 is 1.33 bits per heavy atom. The predicted molar refractivity (Wildman–Crippen MR) is 80.8 cm³/mol. The lowest BCUT2D eigenvalue weighted by Crippen LogP contribution is -2.07. The minimum Gasteiger partial charge on any atom is -0.497 e. The molecule has 2 aromatic heterocycles. The zero-order valence-electron chi connectivity index (χ0n) is 12.0. The summed E-state index contributed by atoms with van der Waals surface area (Å²) in [6, 6.07) is 5.83. The molecule has 0 spiro atoms. The molecule has 0 bridgehead atoms. The van der Waals surface area contributed by atoms with Crippen molar-refractivity contribution in [2.24, 2.45) is 7.05 Å². The zero-order chi connectivity index (χ0) is 14.8. The molecule has 21 heavy (non-hydrogen) atoms. The Kier molecular flexibility index (Phi) is 3.79. The van der Waals surface area contributed by atoms with Crippen LogP contribution in [0.4, 0.5) is 0 Å². The molecule has 7 heteroatoms. The first kappa shape index (κ1) is 13.9. The maximum atomic E-state index is 5.89. The van der Waals surface area contributed by atoms with Crippen molar-refractivity contribution in [2.45, 2.75) is 13.0 Å². The Bertz CT molecular complexity index is 764. The van der Waals surface area contributed by atoms with E-state index in [4.69, 9.17) is 16.3 Å². The Balaban J connectivity index is 2.09. The Morgan fingerprint density at radius 2 is 2.19 bits per heavy atom. The van der Waals surface area contributed by atoms with Crippen molar-refractivity contribution in [1.29, 1.82) is 0 Å². The molecule has 110 valence electrons. The highest BCUT2D eigenvalue weighted by Crippen LogP contribution is 2.23. The molecule has 0 saturated heterocycles. The van der Waals surface area contributed by atoms with Gasteiger partial charge in [0.25, 0.3) is 0 Å². The van der Waals surface area contributed by atoms with Gasteiger partial charge in [0, 0.05) is 25.4 Å². The van der Waals surface area contributed by atoms with Gasteiger partial charge in [-0.3, -0.25) is 4.68 Å². The summed E-state index contributed by atoms with van der Waals surface area (Å²) in [6.07, 6.45) is 2.39. The topological polar surface area (TPSA) is 57.8 Å². The third kappa shape index (κ3) is 2.71. The van der Waals surface area contributed by atoms with Gasteiger partial charge in [-0.05, 0) is 12.1 Å². The average Bonchev–Trinajstić information content (AvgIpc) is 3.04. The molecule has 6 nitrogen and oxygen atoms in total. The molecule has 0 aliphatic carbocycles. The third-order valence-corrected chi connectivity index (χ3v) is 3.49. The first-order chi connectivity index (χ1) is 10.2. The van der Waals surface area contributed by atoms with Crippen LogP contribution in [0.2, 0.25) is 0 Å². The molecule has 3 rings (SSSR count). The van der Waals surface area contributed by atoms with Gasteiger partial charge in [-0.1, -0.05) is 0 Å². The van der Waals surface area contributed by atoms with E-state index in [-0.39, 0.29) is 0 Å². The van der Waals surface area contributed by atoms with Gasteiger partial charge in [-0.2, -0.15) is 5.10 Å². The monoisotopic (exact) mass is 305 g/mol. The number of hydrogen-bond acceptors (Lipinski definition) is 4. The summed E-state index contributed by atoms with van der Waals surface area (Å²) in [7, 11) is 3.51. The van der Waals surface area contributed by atoms with Crippen molar-refractivity contribution in [3.05, 3.63) is 36.2 Å². The van der Waals surface area contributed by atoms with Crippen LogP contribution in [-0.4, -0.2) is 37.3 Å². The van der Waals surface area contributed by atoms with E-state index in [1.807, 2.05) is 25.2 Å². The summed E-state index contributed by atoms with van der Waals surface area (Å²) in [5, 5.41) is 4.33. The molecular weight excluding hydrogens is 290 g/mol. The van der Waals surface area contributed by atoms with E-state index in [1.165, 1.54) is 0 Å². The van der Waals surface area contributed by atoms with Crippen molar-refractivity contribution >= 4 is 22.6 Å². The molecule has 0 saturated carbocycles. The van der Waals surface area contributed by atoms with Crippen LogP contribution >= 0.6 is 11.6 Å². The summed E-state index contributed by atoms with van der Waals surface area (Å²) >= 11 is 5.89. The summed E-state index contributed by atoms with van der Waals surface area (Å²) in [5.41, 5.74) is 1.92. The van der Waals surface area contributed by atoms with Gasteiger partial charge in [0.15, 0.2) is 5.82 Å². The Morgan fingerprint density at radius 3 is 2.86 bits per heavy atom. The number of hydrogen-bond donors (Lipinski definition) is 0. The number of imidazole rings is 1. The van der Waals surface area contributed by atoms with E-state index in [1.54, 1.807) is 18.1 Å². The van der Waals surface area contributed by atoms with Gasteiger partial charge < -0.3 is 9.30 Å². The number of methoxy groups -OCH3 is 1. The van der Waals surface area contributed by atoms with Gasteiger partial charge >= 0.3 is 0 Å². The number of aryl methyl sites for hydroxylation is 2. The van der Waals surface area contributed by atoms with Crippen LogP contribution in [0.1, 0.15) is 11.6 Å². The molecule has 3 aromatic rings. The quantitative estimate of drug-likeness (QED) is 0.677. The van der Waals surface area contributed by atoms with E-state index in [0.717, 1.165) is 28.4 Å². The van der Waals surface area contributed by atoms with Gasteiger partial charge in [0.05, 0.1) is 24.7 Å². The first-order valence-electron chi connectivity index (χ1n) is 6.65. The highest BCUT2D eigenvalue weighted by molar-refractivity contribution is 6.17. The lowest BCUT2D eigenvalue weighted by atomic mass is 10.3. The molecule has 0 aliphatic heterocycles. The Hall–Kier alpha value is -2.08. The van der Waals surface area contributed by atoms with Crippen molar-refractivity contribution in [1.82, 2.24) is 24.3 Å². The molecule has 0 radical (unpaired) electrons. The van der Waals surface area contributed by atoms with Crippen LogP contribution in [0.5, 0.6) is 5.75 Å². The molecule has 0 aliphatic rings. The zero-order valence-corrected chi connectivity index (χ0v) is 12.7. The Labute approximate surface area is 127 Å². The normalized spacial score (nSPS) is 11.2. The standard InChI is InChI=1S/C14H16ClN5O/c1-19-9-16-13(18-19)8-20-12-7-10(21-2)3-4-11(12)17-14(20)5-6-15/h3-4,7,9H,5-6,8H2,1-2H3. The largest absolute Gasteiger partial charge is 0.497 e. The summed E-state index contributed by atoms with van der Waals surface area (Å²) in [5.74, 6) is 3.00. The molecule has 0 N–H and O–H groups in total. The number of aromatic nitrogens is 5. The predicted octanol–water partition coefficient (Wildman–Crippen LogP) is 2.00. The molecular formula is C14H16ClN5O. The summed E-state index contributed by atoms with van der Waals surface area (Å²) in [4.78, 5) is 8.92. The van der Waals surface area contributed by atoms with E-state index < -0.39 is 0 Å². The van der Waals surface area contributed by atoms with Gasteiger partial charge in [0.2, 0.25) is 0 Å². The van der Waals surface area contributed by atoms with Gasteiger partial charge in [-0.25, -0.2) is 9.97 Å². The number of halogens is 1. The van der Waals surface area contributed by atoms with Crippen LogP contribution in [-0.2, 0) is 20.0 Å². The molecule has 0 fully saturated rings. The lowest BCUT2D eigenvalue weighted by Gasteiger charge is -2.06. The highest BCUT2D eigenvalue weighted by atomic mass is 35.5. The minimum atomic E-state index is 0.524. The summed E-state index contributed by atoms with van der Waals surface area (Å²) in [6.45, 7) is 0.566. The molecule has 0 unspecified atom stereocenters. The maximum Gasteiger partial charge on any atom is 0.170 e. The fourth-order valence-electron chi connectivity index (χ4n) is 2.33. The number of ether oxygens (including phenoxy) is 1. The van der Waals surface area contributed by atoms with E-state index in [9.17, 15) is 0 Å². The van der Waals surface area contributed by atoms with Crippen molar-refractivity contribution < 1.29 is 4.74 Å². The number of fused-ring (bicyclic) bond motifs is 1. The number of alkyl halides is 1. The van der Waals surface area contributed by atoms with Crippen LogP contribution in [0.15, 0.2) is 24.5 Å². The lowest BCUT2D eigenvalue weighted by molar-refractivity contribution is 0.415. The second kappa shape index (κ2) is 5.73. The molecule has 1 aromatic carbocycles. The second-order valence-corrected chi connectivity index (χ2v) is 5.12. The van der Waals surface area contributed by atoms with E-state index in [2.05, 4.69) is 19.6 Å². The van der Waals surface area contributed by atoms with Crippen LogP contribution in [0, 0.1) is 0 Å². The molecule has 0 amide bonds. The van der Waals surface area contributed by atoms with Crippen LogP contribution in [0.25, 0.3) is 11.0 Å². The smallest absolute Gasteiger partial charge is 0.170 e. The van der Waals surface area contributed by atoms with Crippen molar-refractivity contribution in [3.63, 3.8) is 0 Å². The van der Waals surface area contributed by atoms with Crippen molar-refractivity contribution in [2.75, 3.05) is 13.0 Å². The minimum absolute atomic E-state index is 0.524. The van der Waals surface area contributed by atoms with Gasteiger partial charge in [0.1, 0.15) is 17.9 Å². The van der Waals surface area contributed by atoms with Gasteiger partial charge in [-0.15, -0.1) is 11.6 Å².